The predicted octanol–water partition coefficient (Wildman–Crippen LogP) is 2.83. The third-order valence-corrected chi connectivity index (χ3v) is 7.68. The number of carbonyl (C=O) groups excluding carboxylic acids is 2. The van der Waals surface area contributed by atoms with Crippen LogP contribution in [0.25, 0.3) is 0 Å². The number of rotatable bonds is 14. The van der Waals surface area contributed by atoms with Crippen LogP contribution in [-0.2, 0) is 19.6 Å². The molecule has 0 aromatic carbocycles. The number of hydrogen-bond acceptors (Lipinski definition) is 4. The Balaban J connectivity index is 2.07. The maximum atomic E-state index is 12.3. The molecule has 0 aliphatic carbocycles. The van der Waals surface area contributed by atoms with Crippen molar-refractivity contribution >= 4 is 21.8 Å². The van der Waals surface area contributed by atoms with E-state index in [4.69, 9.17) is 0 Å². The van der Waals surface area contributed by atoms with Crippen molar-refractivity contribution in [1.29, 1.82) is 0 Å². The third-order valence-electron chi connectivity index (χ3n) is 5.60. The van der Waals surface area contributed by atoms with E-state index in [0.717, 1.165) is 32.1 Å². The summed E-state index contributed by atoms with van der Waals surface area (Å²) in [5, 5.41) is 5.88. The standard InChI is InChI=1S/C22H41N3O4S/c1-4-18-30(28,29)25-16-12-20(13-17-25)22(27)24-15-9-7-6-8-14-23-21(26)11-10-19(3)5-2/h10-11,19-20H,4-9,12-18H2,1-3H3,(H,23,26)(H,24,27)/b11-10+. The largest absolute Gasteiger partial charge is 0.356 e. The average molecular weight is 444 g/mol. The molecule has 0 saturated carbocycles. The Bertz CT molecular complexity index is 641. The van der Waals surface area contributed by atoms with Gasteiger partial charge >= 0.3 is 0 Å². The fraction of sp³-hybridized carbons (Fsp3) is 0.818. The average Bonchev–Trinajstić information content (AvgIpc) is 2.73. The molecule has 7 nitrogen and oxygen atoms in total. The second kappa shape index (κ2) is 14.6. The van der Waals surface area contributed by atoms with Crippen molar-refractivity contribution in [3.05, 3.63) is 12.2 Å². The fourth-order valence-electron chi connectivity index (χ4n) is 3.40. The summed E-state index contributed by atoms with van der Waals surface area (Å²) in [6.45, 7) is 8.26. The smallest absolute Gasteiger partial charge is 0.243 e. The molecule has 1 saturated heterocycles. The van der Waals surface area contributed by atoms with Gasteiger partial charge in [0.2, 0.25) is 21.8 Å². The monoisotopic (exact) mass is 443 g/mol. The molecule has 1 fully saturated rings. The minimum Gasteiger partial charge on any atom is -0.356 e. The molecule has 1 atom stereocenters. The molecule has 174 valence electrons. The number of nitrogens with one attached hydrogen (secondary N) is 2. The van der Waals surface area contributed by atoms with E-state index < -0.39 is 10.0 Å². The number of unbranched alkanes of at least 4 members (excludes halogenated alkanes) is 3. The van der Waals surface area contributed by atoms with Gasteiger partial charge in [-0.2, -0.15) is 0 Å². The van der Waals surface area contributed by atoms with Gasteiger partial charge in [0.15, 0.2) is 0 Å². The first-order valence-electron chi connectivity index (χ1n) is 11.5. The van der Waals surface area contributed by atoms with Crippen molar-refractivity contribution < 1.29 is 18.0 Å². The van der Waals surface area contributed by atoms with Crippen molar-refractivity contribution in [2.45, 2.75) is 72.1 Å². The van der Waals surface area contributed by atoms with E-state index in [-0.39, 0.29) is 23.5 Å². The van der Waals surface area contributed by atoms with Gasteiger partial charge < -0.3 is 10.6 Å². The molecular weight excluding hydrogens is 402 g/mol. The highest BCUT2D eigenvalue weighted by Crippen LogP contribution is 2.20. The lowest BCUT2D eigenvalue weighted by atomic mass is 9.97. The first kappa shape index (κ1) is 26.6. The maximum absolute atomic E-state index is 12.3. The lowest BCUT2D eigenvalue weighted by Gasteiger charge is -2.30. The summed E-state index contributed by atoms with van der Waals surface area (Å²) < 4.78 is 25.7. The van der Waals surface area contributed by atoms with Crippen molar-refractivity contribution in [3.63, 3.8) is 0 Å². The summed E-state index contributed by atoms with van der Waals surface area (Å²) >= 11 is 0. The number of amides is 2. The van der Waals surface area contributed by atoms with Crippen molar-refractivity contribution in [2.75, 3.05) is 31.9 Å². The highest BCUT2D eigenvalue weighted by atomic mass is 32.2. The van der Waals surface area contributed by atoms with Gasteiger partial charge in [-0.1, -0.05) is 46.1 Å². The van der Waals surface area contributed by atoms with Gasteiger partial charge in [0, 0.05) is 32.1 Å². The number of sulfonamides is 1. The van der Waals surface area contributed by atoms with Gasteiger partial charge in [-0.05, 0) is 44.1 Å². The van der Waals surface area contributed by atoms with Crippen LogP contribution >= 0.6 is 0 Å². The number of hydrogen-bond donors (Lipinski definition) is 2. The summed E-state index contributed by atoms with van der Waals surface area (Å²) in [4.78, 5) is 23.9. The molecule has 8 heteroatoms. The Morgan fingerprint density at radius 2 is 1.63 bits per heavy atom. The van der Waals surface area contributed by atoms with Crippen LogP contribution in [0.4, 0.5) is 0 Å². The van der Waals surface area contributed by atoms with Crippen molar-refractivity contribution in [2.24, 2.45) is 11.8 Å². The van der Waals surface area contributed by atoms with Gasteiger partial charge in [-0.3, -0.25) is 9.59 Å². The first-order valence-corrected chi connectivity index (χ1v) is 13.1. The number of allylic oxidation sites excluding steroid dienone is 1. The van der Waals surface area contributed by atoms with Gasteiger partial charge in [0.1, 0.15) is 0 Å². The molecule has 1 heterocycles. The molecule has 1 aliphatic rings. The molecule has 30 heavy (non-hydrogen) atoms. The Labute approximate surface area is 183 Å². The Kier molecular flexibility index (Phi) is 12.9. The van der Waals surface area contributed by atoms with Crippen LogP contribution in [0.2, 0.25) is 0 Å². The minimum atomic E-state index is -3.16. The van der Waals surface area contributed by atoms with Crippen LogP contribution in [0.1, 0.15) is 72.1 Å². The van der Waals surface area contributed by atoms with Gasteiger partial charge in [0.05, 0.1) is 5.75 Å². The van der Waals surface area contributed by atoms with E-state index in [2.05, 4.69) is 24.5 Å². The number of carbonyl (C=O) groups is 2. The van der Waals surface area contributed by atoms with Crippen LogP contribution < -0.4 is 10.6 Å². The summed E-state index contributed by atoms with van der Waals surface area (Å²) in [6.07, 6.45) is 10.3. The van der Waals surface area contributed by atoms with E-state index in [0.29, 0.717) is 51.4 Å². The van der Waals surface area contributed by atoms with Gasteiger partial charge in [-0.25, -0.2) is 12.7 Å². The fourth-order valence-corrected chi connectivity index (χ4v) is 4.94. The lowest BCUT2D eigenvalue weighted by molar-refractivity contribution is -0.126. The molecule has 0 aromatic rings. The first-order chi connectivity index (χ1) is 14.3. The molecule has 2 amide bonds. The number of piperidine rings is 1. The lowest BCUT2D eigenvalue weighted by Crippen LogP contribution is -2.43. The molecule has 0 bridgehead atoms. The van der Waals surface area contributed by atoms with Gasteiger partial charge in [-0.15, -0.1) is 0 Å². The molecule has 0 aromatic heterocycles. The Hall–Kier alpha value is -1.41. The molecule has 2 N–H and O–H groups in total. The maximum Gasteiger partial charge on any atom is 0.243 e. The summed E-state index contributed by atoms with van der Waals surface area (Å²) in [5.41, 5.74) is 0. The highest BCUT2D eigenvalue weighted by Gasteiger charge is 2.30. The Morgan fingerprint density at radius 3 is 2.20 bits per heavy atom. The molecule has 1 rings (SSSR count). The van der Waals surface area contributed by atoms with E-state index in [1.165, 1.54) is 4.31 Å². The van der Waals surface area contributed by atoms with E-state index in [1.54, 1.807) is 6.08 Å². The quantitative estimate of drug-likeness (QED) is 0.319. The highest BCUT2D eigenvalue weighted by molar-refractivity contribution is 7.89. The minimum absolute atomic E-state index is 0.0314. The zero-order valence-electron chi connectivity index (χ0n) is 19.0. The van der Waals surface area contributed by atoms with Crippen molar-refractivity contribution in [1.82, 2.24) is 14.9 Å². The van der Waals surface area contributed by atoms with Crippen LogP contribution in [0.3, 0.4) is 0 Å². The van der Waals surface area contributed by atoms with E-state index in [1.807, 2.05) is 13.0 Å². The summed E-state index contributed by atoms with van der Waals surface area (Å²) in [6, 6.07) is 0. The Morgan fingerprint density at radius 1 is 1.03 bits per heavy atom. The predicted molar refractivity (Wildman–Crippen MR) is 121 cm³/mol. The molecule has 0 spiro atoms. The molecule has 1 unspecified atom stereocenters. The molecule has 0 radical (unpaired) electrons. The van der Waals surface area contributed by atoms with Crippen LogP contribution in [0, 0.1) is 11.8 Å². The van der Waals surface area contributed by atoms with Crippen LogP contribution in [0.15, 0.2) is 12.2 Å². The van der Waals surface area contributed by atoms with Gasteiger partial charge in [0.25, 0.3) is 0 Å². The van der Waals surface area contributed by atoms with E-state index >= 15 is 0 Å². The summed E-state index contributed by atoms with van der Waals surface area (Å²) in [5.74, 6) is 0.533. The van der Waals surface area contributed by atoms with Crippen molar-refractivity contribution in [3.8, 4) is 0 Å². The zero-order valence-corrected chi connectivity index (χ0v) is 19.8. The second-order valence-electron chi connectivity index (χ2n) is 8.23. The normalized spacial score (nSPS) is 17.2. The molecular formula is C22H41N3O4S. The topological polar surface area (TPSA) is 95.6 Å². The summed E-state index contributed by atoms with van der Waals surface area (Å²) in [7, 11) is -3.16. The van der Waals surface area contributed by atoms with Crippen LogP contribution in [-0.4, -0.2) is 56.5 Å². The van der Waals surface area contributed by atoms with E-state index in [9.17, 15) is 18.0 Å². The number of nitrogens with zero attached hydrogens (tertiary/aromatic N) is 1. The van der Waals surface area contributed by atoms with Crippen LogP contribution in [0.5, 0.6) is 0 Å². The second-order valence-corrected chi connectivity index (χ2v) is 10.3. The molecule has 1 aliphatic heterocycles. The third kappa shape index (κ3) is 10.6. The SMILES string of the molecule is CCCS(=O)(=O)N1CCC(C(=O)NCCCCCCNC(=O)/C=C/C(C)CC)CC1. The zero-order chi connectivity index (χ0) is 22.4.